The molecule has 0 bridgehead atoms. The number of rotatable bonds is 2. The number of nitrogens with zero attached hydrogens (tertiary/aromatic N) is 6. The molecule has 3 aromatic heterocycles. The highest BCUT2D eigenvalue weighted by molar-refractivity contribution is 6.03. The van der Waals surface area contributed by atoms with E-state index >= 15 is 0 Å². The summed E-state index contributed by atoms with van der Waals surface area (Å²) in [6.45, 7) is 1.91. The number of aryl methyl sites for hydroxylation is 2. The van der Waals surface area contributed by atoms with E-state index in [4.69, 9.17) is 0 Å². The predicted molar refractivity (Wildman–Crippen MR) is 66.7 cm³/mol. The standard InChI is InChI=1S/C11H11N7O/c1-7-5-9(14-17(7)2)12-11(19)8-3-4-10-13-15-16-18(10)6-8/h3-6H,1-2H3,(H,12,14,19). The van der Waals surface area contributed by atoms with Crippen molar-refractivity contribution in [2.24, 2.45) is 7.05 Å². The zero-order chi connectivity index (χ0) is 13.4. The molecule has 1 N–H and O–H groups in total. The molecule has 19 heavy (non-hydrogen) atoms. The fourth-order valence-electron chi connectivity index (χ4n) is 1.69. The zero-order valence-electron chi connectivity index (χ0n) is 10.4. The Hall–Kier alpha value is -2.77. The number of carbonyl (C=O) groups is 1. The molecule has 0 fully saturated rings. The van der Waals surface area contributed by atoms with Crippen LogP contribution in [-0.4, -0.2) is 35.7 Å². The number of hydrogen-bond acceptors (Lipinski definition) is 5. The highest BCUT2D eigenvalue weighted by Crippen LogP contribution is 2.09. The van der Waals surface area contributed by atoms with E-state index in [1.807, 2.05) is 14.0 Å². The lowest BCUT2D eigenvalue weighted by Crippen LogP contribution is -2.13. The third-order valence-electron chi connectivity index (χ3n) is 2.81. The molecule has 0 atom stereocenters. The molecule has 0 aliphatic rings. The van der Waals surface area contributed by atoms with Gasteiger partial charge in [0.2, 0.25) is 0 Å². The quantitative estimate of drug-likeness (QED) is 0.718. The van der Waals surface area contributed by atoms with Crippen molar-refractivity contribution < 1.29 is 4.79 Å². The van der Waals surface area contributed by atoms with Crippen LogP contribution >= 0.6 is 0 Å². The number of tetrazole rings is 1. The highest BCUT2D eigenvalue weighted by atomic mass is 16.1. The second kappa shape index (κ2) is 4.16. The fraction of sp³-hybridized carbons (Fsp3) is 0.182. The van der Waals surface area contributed by atoms with Crippen LogP contribution in [-0.2, 0) is 7.05 Å². The molecule has 96 valence electrons. The molecule has 0 saturated carbocycles. The van der Waals surface area contributed by atoms with Crippen LogP contribution in [0.1, 0.15) is 16.1 Å². The van der Waals surface area contributed by atoms with E-state index in [2.05, 4.69) is 25.9 Å². The second-order valence-electron chi connectivity index (χ2n) is 4.15. The minimum Gasteiger partial charge on any atom is -0.305 e. The molecule has 3 aromatic rings. The minimum atomic E-state index is -0.254. The van der Waals surface area contributed by atoms with Gasteiger partial charge in [0.1, 0.15) is 0 Å². The first-order valence-electron chi connectivity index (χ1n) is 5.63. The maximum atomic E-state index is 12.1. The van der Waals surface area contributed by atoms with Crippen LogP contribution in [0.5, 0.6) is 0 Å². The van der Waals surface area contributed by atoms with Gasteiger partial charge in [0.05, 0.1) is 5.56 Å². The summed E-state index contributed by atoms with van der Waals surface area (Å²) >= 11 is 0. The average molecular weight is 257 g/mol. The summed E-state index contributed by atoms with van der Waals surface area (Å²) in [6.07, 6.45) is 1.57. The number of hydrogen-bond donors (Lipinski definition) is 1. The van der Waals surface area contributed by atoms with Crippen LogP contribution in [0.3, 0.4) is 0 Å². The van der Waals surface area contributed by atoms with Crippen molar-refractivity contribution in [3.05, 3.63) is 35.7 Å². The van der Waals surface area contributed by atoms with Gasteiger partial charge in [-0.1, -0.05) is 0 Å². The molecule has 0 radical (unpaired) electrons. The van der Waals surface area contributed by atoms with E-state index in [0.717, 1.165) is 5.69 Å². The van der Waals surface area contributed by atoms with Crippen molar-refractivity contribution in [1.82, 2.24) is 29.8 Å². The van der Waals surface area contributed by atoms with Crippen molar-refractivity contribution in [3.8, 4) is 0 Å². The summed E-state index contributed by atoms with van der Waals surface area (Å²) in [4.78, 5) is 12.1. The third kappa shape index (κ3) is 2.03. The zero-order valence-corrected chi connectivity index (χ0v) is 10.4. The maximum absolute atomic E-state index is 12.1. The molecule has 0 unspecified atom stereocenters. The van der Waals surface area contributed by atoms with E-state index in [1.165, 1.54) is 4.52 Å². The van der Waals surface area contributed by atoms with E-state index in [0.29, 0.717) is 17.0 Å². The lowest BCUT2D eigenvalue weighted by atomic mass is 10.2. The van der Waals surface area contributed by atoms with E-state index in [1.54, 1.807) is 29.1 Å². The van der Waals surface area contributed by atoms with Crippen LogP contribution in [0.25, 0.3) is 5.65 Å². The minimum absolute atomic E-state index is 0.254. The van der Waals surface area contributed by atoms with Gasteiger partial charge in [-0.25, -0.2) is 0 Å². The van der Waals surface area contributed by atoms with Gasteiger partial charge in [-0.05, 0) is 29.5 Å². The molecule has 0 aliphatic heterocycles. The maximum Gasteiger partial charge on any atom is 0.258 e. The smallest absolute Gasteiger partial charge is 0.258 e. The fourth-order valence-corrected chi connectivity index (χ4v) is 1.69. The summed E-state index contributed by atoms with van der Waals surface area (Å²) in [5, 5.41) is 17.9. The van der Waals surface area contributed by atoms with Gasteiger partial charge in [-0.2, -0.15) is 9.61 Å². The van der Waals surface area contributed by atoms with Crippen molar-refractivity contribution >= 4 is 17.4 Å². The van der Waals surface area contributed by atoms with E-state index in [9.17, 15) is 4.79 Å². The number of aromatic nitrogens is 6. The van der Waals surface area contributed by atoms with Gasteiger partial charge < -0.3 is 5.32 Å². The van der Waals surface area contributed by atoms with Crippen molar-refractivity contribution in [2.45, 2.75) is 6.92 Å². The van der Waals surface area contributed by atoms with Crippen molar-refractivity contribution in [2.75, 3.05) is 5.32 Å². The van der Waals surface area contributed by atoms with Gasteiger partial charge in [0, 0.05) is 25.0 Å². The molecule has 0 aromatic carbocycles. The van der Waals surface area contributed by atoms with Crippen LogP contribution in [0.4, 0.5) is 5.82 Å². The molecule has 0 spiro atoms. The SMILES string of the molecule is Cc1cc(NC(=O)c2ccc3nnnn3c2)nn1C. The van der Waals surface area contributed by atoms with Gasteiger partial charge in [-0.15, -0.1) is 5.10 Å². The van der Waals surface area contributed by atoms with Crippen LogP contribution in [0.15, 0.2) is 24.4 Å². The van der Waals surface area contributed by atoms with Gasteiger partial charge in [0.15, 0.2) is 11.5 Å². The molecular weight excluding hydrogens is 246 g/mol. The molecule has 3 rings (SSSR count). The number of carbonyl (C=O) groups excluding carboxylic acids is 1. The van der Waals surface area contributed by atoms with E-state index in [-0.39, 0.29) is 5.91 Å². The molecule has 3 heterocycles. The van der Waals surface area contributed by atoms with Crippen molar-refractivity contribution in [3.63, 3.8) is 0 Å². The van der Waals surface area contributed by atoms with Gasteiger partial charge >= 0.3 is 0 Å². The first-order chi connectivity index (χ1) is 9.13. The number of pyridine rings is 1. The summed E-state index contributed by atoms with van der Waals surface area (Å²) in [7, 11) is 1.82. The average Bonchev–Trinajstić information content (AvgIpc) is 2.96. The summed E-state index contributed by atoms with van der Waals surface area (Å²) < 4.78 is 3.14. The van der Waals surface area contributed by atoms with E-state index < -0.39 is 0 Å². The summed E-state index contributed by atoms with van der Waals surface area (Å²) in [5.41, 5.74) is 2.01. The predicted octanol–water partition coefficient (Wildman–Crippen LogP) is 0.419. The topological polar surface area (TPSA) is 90.0 Å². The molecular formula is C11H11N7O. The van der Waals surface area contributed by atoms with Crippen LogP contribution < -0.4 is 5.32 Å². The number of anilines is 1. The molecule has 1 amide bonds. The second-order valence-corrected chi connectivity index (χ2v) is 4.15. The van der Waals surface area contributed by atoms with Crippen LogP contribution in [0, 0.1) is 6.92 Å². The Morgan fingerprint density at radius 1 is 1.37 bits per heavy atom. The summed E-state index contributed by atoms with van der Waals surface area (Å²) in [6, 6.07) is 5.14. The monoisotopic (exact) mass is 257 g/mol. The molecule has 8 heteroatoms. The Morgan fingerprint density at radius 3 is 2.95 bits per heavy atom. The largest absolute Gasteiger partial charge is 0.305 e. The lowest BCUT2D eigenvalue weighted by Gasteiger charge is -2.01. The first-order valence-corrected chi connectivity index (χ1v) is 5.63. The Bertz CT molecular complexity index is 738. The third-order valence-corrected chi connectivity index (χ3v) is 2.81. The van der Waals surface area contributed by atoms with Gasteiger partial charge in [0.25, 0.3) is 5.91 Å². The highest BCUT2D eigenvalue weighted by Gasteiger charge is 2.10. The van der Waals surface area contributed by atoms with Crippen LogP contribution in [0.2, 0.25) is 0 Å². The number of nitrogens with one attached hydrogen (secondary N) is 1. The van der Waals surface area contributed by atoms with Gasteiger partial charge in [-0.3, -0.25) is 9.48 Å². The Balaban J connectivity index is 1.86. The molecule has 0 aliphatic carbocycles. The Labute approximate surface area is 108 Å². The lowest BCUT2D eigenvalue weighted by molar-refractivity contribution is 0.102. The number of fused-ring (bicyclic) bond motifs is 1. The molecule has 8 nitrogen and oxygen atoms in total. The normalized spacial score (nSPS) is 10.8. The Morgan fingerprint density at radius 2 is 2.21 bits per heavy atom. The number of amides is 1. The Kier molecular flexibility index (Phi) is 2.48. The first kappa shape index (κ1) is 11.3. The summed E-state index contributed by atoms with van der Waals surface area (Å²) in [5.74, 6) is 0.261. The van der Waals surface area contributed by atoms with Crippen molar-refractivity contribution in [1.29, 1.82) is 0 Å². The molecule has 0 saturated heterocycles.